The van der Waals surface area contributed by atoms with Crippen molar-refractivity contribution < 1.29 is 9.59 Å². The lowest BCUT2D eigenvalue weighted by Gasteiger charge is -2.16. The number of amides is 2. The topological polar surface area (TPSA) is 58.2 Å². The summed E-state index contributed by atoms with van der Waals surface area (Å²) in [5.74, 6) is -0.275. The zero-order valence-corrected chi connectivity index (χ0v) is 20.6. The number of carbonyl (C=O) groups is 2. The first kappa shape index (κ1) is 24.7. The molecule has 4 nitrogen and oxygen atoms in total. The van der Waals surface area contributed by atoms with Crippen LogP contribution in [0.2, 0.25) is 0 Å². The minimum absolute atomic E-state index is 0.133. The lowest BCUT2D eigenvalue weighted by molar-refractivity contribution is 0.0942. The summed E-state index contributed by atoms with van der Waals surface area (Å²) in [6.07, 6.45) is 16.7. The van der Waals surface area contributed by atoms with Gasteiger partial charge in [0.2, 0.25) is 0 Å². The van der Waals surface area contributed by atoms with E-state index in [9.17, 15) is 9.59 Å². The van der Waals surface area contributed by atoms with Gasteiger partial charge >= 0.3 is 0 Å². The number of allylic oxidation sites excluding steroid dienone is 3. The highest BCUT2D eigenvalue weighted by Gasteiger charge is 2.12. The molecule has 0 atom stereocenters. The molecule has 35 heavy (non-hydrogen) atoms. The minimum Gasteiger partial charge on any atom is -0.348 e. The molecule has 0 saturated heterocycles. The fraction of sp³-hybridized carbons (Fsp3) is 0.355. The second kappa shape index (κ2) is 12.3. The van der Waals surface area contributed by atoms with E-state index in [4.69, 9.17) is 0 Å². The molecule has 0 unspecified atom stereocenters. The van der Waals surface area contributed by atoms with E-state index in [-0.39, 0.29) is 11.8 Å². The molecule has 2 N–H and O–H groups in total. The summed E-state index contributed by atoms with van der Waals surface area (Å²) in [7, 11) is 0. The van der Waals surface area contributed by atoms with Gasteiger partial charge in [0.15, 0.2) is 0 Å². The van der Waals surface area contributed by atoms with Gasteiger partial charge in [0.1, 0.15) is 0 Å². The monoisotopic (exact) mass is 468 g/mol. The summed E-state index contributed by atoms with van der Waals surface area (Å²) in [6, 6.07) is 13.4. The van der Waals surface area contributed by atoms with Crippen LogP contribution in [0.3, 0.4) is 0 Å². The average molecular weight is 469 g/mol. The number of aryl methyl sites for hydroxylation is 2. The van der Waals surface area contributed by atoms with E-state index < -0.39 is 0 Å². The molecule has 182 valence electrons. The third kappa shape index (κ3) is 7.29. The third-order valence-corrected chi connectivity index (χ3v) is 6.87. The molecule has 0 spiro atoms. The Balaban J connectivity index is 1.29. The molecule has 0 aliphatic heterocycles. The van der Waals surface area contributed by atoms with Gasteiger partial charge in [0, 0.05) is 24.2 Å². The molecule has 2 aromatic rings. The van der Waals surface area contributed by atoms with Crippen LogP contribution in [0.4, 0.5) is 0 Å². The van der Waals surface area contributed by atoms with Gasteiger partial charge in [-0.05, 0) is 97.9 Å². The maximum atomic E-state index is 12.7. The average Bonchev–Trinajstić information content (AvgIpc) is 2.90. The summed E-state index contributed by atoms with van der Waals surface area (Å²) in [4.78, 5) is 25.3. The normalized spacial score (nSPS) is 18.5. The minimum atomic E-state index is -0.142. The molecular weight excluding hydrogens is 432 g/mol. The van der Waals surface area contributed by atoms with Crippen LogP contribution in [-0.2, 0) is 19.4 Å². The quantitative estimate of drug-likeness (QED) is 0.528. The standard InChI is InChI=1S/C31H36N2O2/c1-23-8-4-2-3-5-9-24(13-12-23)21-32-30(34)27-16-18-28(19-17-27)31(35)33-22-25-14-15-26-10-6-7-11-29(26)20-25/h9,12-20H,1-8,10-11,21-22H2,(H,32,34)(H,33,35)/b13-12-,24-9+. The van der Waals surface area contributed by atoms with E-state index in [1.807, 2.05) is 0 Å². The number of carbonyl (C=O) groups excluding carboxylic acids is 2. The van der Waals surface area contributed by atoms with Crippen LogP contribution >= 0.6 is 0 Å². The predicted octanol–water partition coefficient (Wildman–Crippen LogP) is 6.23. The molecule has 2 aliphatic carbocycles. The number of nitrogens with one attached hydrogen (secondary N) is 2. The number of hydrogen-bond acceptors (Lipinski definition) is 2. The SMILES string of the molecule is C=C1/C=C\C(CNC(=O)c2ccc(C(=O)NCc3ccc4c(c3)CCCC4)cc2)=C/CCCCC1. The van der Waals surface area contributed by atoms with Gasteiger partial charge in [-0.3, -0.25) is 9.59 Å². The molecule has 4 rings (SSSR count). The fourth-order valence-electron chi connectivity index (χ4n) is 4.71. The van der Waals surface area contributed by atoms with Crippen molar-refractivity contribution in [2.75, 3.05) is 6.54 Å². The van der Waals surface area contributed by atoms with Gasteiger partial charge in [-0.15, -0.1) is 0 Å². The van der Waals surface area contributed by atoms with Gasteiger partial charge < -0.3 is 10.6 Å². The lowest BCUT2D eigenvalue weighted by atomic mass is 9.90. The number of hydrogen-bond donors (Lipinski definition) is 2. The summed E-state index contributed by atoms with van der Waals surface area (Å²) >= 11 is 0. The van der Waals surface area contributed by atoms with Gasteiger partial charge in [0.25, 0.3) is 11.8 Å². The molecule has 0 radical (unpaired) electrons. The Morgan fingerprint density at radius 3 is 2.11 bits per heavy atom. The highest BCUT2D eigenvalue weighted by atomic mass is 16.2. The van der Waals surface area contributed by atoms with Crippen molar-refractivity contribution in [3.8, 4) is 0 Å². The molecule has 2 aromatic carbocycles. The molecular formula is C31H36N2O2. The smallest absolute Gasteiger partial charge is 0.251 e. The highest BCUT2D eigenvalue weighted by Crippen LogP contribution is 2.22. The summed E-state index contributed by atoms with van der Waals surface area (Å²) in [6.45, 7) is 5.08. The van der Waals surface area contributed by atoms with Crippen molar-refractivity contribution in [3.05, 3.63) is 106 Å². The Morgan fingerprint density at radius 2 is 1.37 bits per heavy atom. The van der Waals surface area contributed by atoms with Crippen molar-refractivity contribution in [3.63, 3.8) is 0 Å². The van der Waals surface area contributed by atoms with E-state index >= 15 is 0 Å². The van der Waals surface area contributed by atoms with Gasteiger partial charge in [-0.1, -0.05) is 55.0 Å². The molecule has 0 fully saturated rings. The second-order valence-corrected chi connectivity index (χ2v) is 9.62. The Hall–Kier alpha value is -3.40. The van der Waals surface area contributed by atoms with Crippen molar-refractivity contribution in [1.82, 2.24) is 10.6 Å². The van der Waals surface area contributed by atoms with Crippen LogP contribution in [0, 0.1) is 0 Å². The maximum absolute atomic E-state index is 12.7. The number of fused-ring (bicyclic) bond motifs is 1. The van der Waals surface area contributed by atoms with Crippen molar-refractivity contribution in [1.29, 1.82) is 0 Å². The molecule has 0 bridgehead atoms. The van der Waals surface area contributed by atoms with Crippen LogP contribution in [-0.4, -0.2) is 18.4 Å². The van der Waals surface area contributed by atoms with E-state index in [0.717, 1.165) is 48.8 Å². The van der Waals surface area contributed by atoms with E-state index in [1.54, 1.807) is 24.3 Å². The first-order chi connectivity index (χ1) is 17.1. The van der Waals surface area contributed by atoms with Crippen LogP contribution < -0.4 is 10.6 Å². The Bertz CT molecular complexity index is 1130. The molecule has 4 heteroatoms. The Morgan fingerprint density at radius 1 is 0.714 bits per heavy atom. The number of rotatable bonds is 6. The van der Waals surface area contributed by atoms with Crippen LogP contribution in [0.15, 0.2) is 78.4 Å². The fourth-order valence-corrected chi connectivity index (χ4v) is 4.71. The Labute approximate surface area is 209 Å². The zero-order valence-electron chi connectivity index (χ0n) is 20.6. The molecule has 0 saturated carbocycles. The summed E-state index contributed by atoms with van der Waals surface area (Å²) < 4.78 is 0. The predicted molar refractivity (Wildman–Crippen MR) is 142 cm³/mol. The highest BCUT2D eigenvalue weighted by molar-refractivity contribution is 5.97. The van der Waals surface area contributed by atoms with Gasteiger partial charge in [-0.25, -0.2) is 0 Å². The first-order valence-electron chi connectivity index (χ1n) is 12.9. The van der Waals surface area contributed by atoms with Gasteiger partial charge in [-0.2, -0.15) is 0 Å². The van der Waals surface area contributed by atoms with Crippen molar-refractivity contribution >= 4 is 11.8 Å². The Kier molecular flexibility index (Phi) is 8.72. The largest absolute Gasteiger partial charge is 0.348 e. The summed E-state index contributed by atoms with van der Waals surface area (Å²) in [5, 5.41) is 6.00. The van der Waals surface area contributed by atoms with E-state index in [1.165, 1.54) is 36.8 Å². The molecule has 0 heterocycles. The molecule has 2 amide bonds. The van der Waals surface area contributed by atoms with E-state index in [2.05, 4.69) is 53.6 Å². The summed E-state index contributed by atoms with van der Waals surface area (Å²) in [5.41, 5.74) is 7.31. The number of benzene rings is 2. The lowest BCUT2D eigenvalue weighted by Crippen LogP contribution is -2.26. The molecule has 2 aliphatic rings. The zero-order chi connectivity index (χ0) is 24.5. The van der Waals surface area contributed by atoms with Crippen LogP contribution in [0.1, 0.15) is 82.4 Å². The maximum Gasteiger partial charge on any atom is 0.251 e. The van der Waals surface area contributed by atoms with Gasteiger partial charge in [0.05, 0.1) is 0 Å². The van der Waals surface area contributed by atoms with Crippen molar-refractivity contribution in [2.45, 2.75) is 64.3 Å². The van der Waals surface area contributed by atoms with Crippen molar-refractivity contribution in [2.24, 2.45) is 0 Å². The van der Waals surface area contributed by atoms with Crippen LogP contribution in [0.25, 0.3) is 0 Å². The first-order valence-corrected chi connectivity index (χ1v) is 12.9. The van der Waals surface area contributed by atoms with Crippen LogP contribution in [0.5, 0.6) is 0 Å². The second-order valence-electron chi connectivity index (χ2n) is 9.62. The van der Waals surface area contributed by atoms with E-state index in [0.29, 0.717) is 24.2 Å². The third-order valence-electron chi connectivity index (χ3n) is 6.87. The molecule has 0 aromatic heterocycles.